The maximum absolute atomic E-state index is 12.6. The van der Waals surface area contributed by atoms with Gasteiger partial charge in [0.15, 0.2) is 0 Å². The van der Waals surface area contributed by atoms with Crippen molar-refractivity contribution in [1.82, 2.24) is 0 Å². The van der Waals surface area contributed by atoms with Crippen LogP contribution in [0.25, 0.3) is 17.0 Å². The molecule has 1 aliphatic heterocycles. The van der Waals surface area contributed by atoms with Gasteiger partial charge in [-0.05, 0) is 49.2 Å². The topological polar surface area (TPSA) is 36.7 Å². The summed E-state index contributed by atoms with van der Waals surface area (Å²) in [4.78, 5) is 18.4. The predicted octanol–water partition coefficient (Wildman–Crippen LogP) is 6.00. The molecule has 30 heavy (non-hydrogen) atoms. The molecule has 0 spiro atoms. The van der Waals surface area contributed by atoms with Crippen LogP contribution in [-0.2, 0) is 0 Å². The normalized spacial score (nSPS) is 15.8. The van der Waals surface area contributed by atoms with Gasteiger partial charge in [0, 0.05) is 42.2 Å². The number of rotatable bonds is 7. The second-order valence-electron chi connectivity index (χ2n) is 7.64. The second kappa shape index (κ2) is 9.00. The van der Waals surface area contributed by atoms with Gasteiger partial charge in [0.05, 0.1) is 16.6 Å². The van der Waals surface area contributed by atoms with Crippen molar-refractivity contribution in [2.24, 2.45) is 0 Å². The van der Waals surface area contributed by atoms with E-state index in [0.717, 1.165) is 37.0 Å². The smallest absolute Gasteiger partial charge is 0.343 e. The molecule has 1 unspecified atom stereocenters. The molecule has 0 saturated carbocycles. The van der Waals surface area contributed by atoms with Crippen molar-refractivity contribution in [3.8, 4) is 0 Å². The van der Waals surface area contributed by atoms with Crippen molar-refractivity contribution >= 4 is 40.2 Å². The molecule has 2 heterocycles. The Bertz CT molecular complexity index is 1120. The SMILES string of the molecule is CCCN(CCC)c1ccc2cc(C=CC3Sc4ccccc4N3C)c(=O)oc2c1. The van der Waals surface area contributed by atoms with Crippen molar-refractivity contribution in [2.45, 2.75) is 37.0 Å². The number of thioether (sulfide) groups is 1. The first-order valence-electron chi connectivity index (χ1n) is 10.6. The lowest BCUT2D eigenvalue weighted by Crippen LogP contribution is -2.24. The fourth-order valence-electron chi connectivity index (χ4n) is 3.89. The van der Waals surface area contributed by atoms with Gasteiger partial charge in [0.1, 0.15) is 5.58 Å². The number of fused-ring (bicyclic) bond motifs is 2. The number of hydrogen-bond acceptors (Lipinski definition) is 5. The second-order valence-corrected chi connectivity index (χ2v) is 8.80. The van der Waals surface area contributed by atoms with Crippen LogP contribution in [-0.4, -0.2) is 25.5 Å². The Morgan fingerprint density at radius 1 is 1.10 bits per heavy atom. The van der Waals surface area contributed by atoms with E-state index in [1.54, 1.807) is 11.8 Å². The van der Waals surface area contributed by atoms with Crippen molar-refractivity contribution in [3.05, 3.63) is 70.6 Å². The molecule has 5 heteroatoms. The summed E-state index contributed by atoms with van der Waals surface area (Å²) in [6.07, 6.45) is 6.13. The van der Waals surface area contributed by atoms with Crippen LogP contribution >= 0.6 is 11.8 Å². The van der Waals surface area contributed by atoms with Crippen molar-refractivity contribution in [2.75, 3.05) is 29.9 Å². The molecule has 1 aliphatic rings. The van der Waals surface area contributed by atoms with Crippen molar-refractivity contribution in [3.63, 3.8) is 0 Å². The van der Waals surface area contributed by atoms with Crippen LogP contribution in [0.2, 0.25) is 0 Å². The van der Waals surface area contributed by atoms with Crippen LogP contribution in [0.5, 0.6) is 0 Å². The van der Waals surface area contributed by atoms with Crippen LogP contribution in [0.1, 0.15) is 32.3 Å². The Hall–Kier alpha value is -2.66. The molecule has 1 atom stereocenters. The summed E-state index contributed by atoms with van der Waals surface area (Å²) in [5.74, 6) is 0. The summed E-state index contributed by atoms with van der Waals surface area (Å²) >= 11 is 1.79. The summed E-state index contributed by atoms with van der Waals surface area (Å²) in [7, 11) is 2.08. The zero-order valence-electron chi connectivity index (χ0n) is 17.8. The zero-order chi connectivity index (χ0) is 21.1. The molecular weight excluding hydrogens is 392 g/mol. The average Bonchev–Trinajstić information content (AvgIpc) is 3.07. The molecule has 2 aromatic carbocycles. The van der Waals surface area contributed by atoms with Gasteiger partial charge in [-0.1, -0.05) is 43.8 Å². The standard InChI is InChI=1S/C25H28N2O2S/c1-4-14-27(15-5-2)20-12-10-18-16-19(25(28)29-22(18)17-20)11-13-24-26(3)21-8-6-7-9-23(21)30-24/h6-13,16-17,24H,4-5,14-15H2,1-3H3. The number of anilines is 2. The van der Waals surface area contributed by atoms with E-state index in [0.29, 0.717) is 11.1 Å². The van der Waals surface area contributed by atoms with Crippen LogP contribution < -0.4 is 15.4 Å². The van der Waals surface area contributed by atoms with Crippen LogP contribution in [0.3, 0.4) is 0 Å². The van der Waals surface area contributed by atoms with Gasteiger partial charge in [-0.25, -0.2) is 4.79 Å². The van der Waals surface area contributed by atoms with E-state index in [-0.39, 0.29) is 11.0 Å². The lowest BCUT2D eigenvalue weighted by molar-refractivity contribution is 0.559. The minimum absolute atomic E-state index is 0.163. The van der Waals surface area contributed by atoms with E-state index in [1.165, 1.54) is 10.6 Å². The molecule has 3 aromatic rings. The van der Waals surface area contributed by atoms with E-state index in [9.17, 15) is 4.79 Å². The molecule has 0 radical (unpaired) electrons. The minimum atomic E-state index is -0.295. The van der Waals surface area contributed by atoms with E-state index >= 15 is 0 Å². The van der Waals surface area contributed by atoms with Crippen LogP contribution in [0, 0.1) is 0 Å². The molecule has 1 aromatic heterocycles. The number of para-hydroxylation sites is 1. The zero-order valence-corrected chi connectivity index (χ0v) is 18.6. The highest BCUT2D eigenvalue weighted by molar-refractivity contribution is 8.00. The van der Waals surface area contributed by atoms with Crippen molar-refractivity contribution in [1.29, 1.82) is 0 Å². The highest BCUT2D eigenvalue weighted by Gasteiger charge is 2.24. The number of hydrogen-bond donors (Lipinski definition) is 0. The number of benzene rings is 2. The predicted molar refractivity (Wildman–Crippen MR) is 129 cm³/mol. The Labute approximate surface area is 182 Å². The van der Waals surface area contributed by atoms with Gasteiger partial charge in [-0.3, -0.25) is 0 Å². The van der Waals surface area contributed by atoms with Gasteiger partial charge in [-0.15, -0.1) is 0 Å². The molecule has 4 nitrogen and oxygen atoms in total. The van der Waals surface area contributed by atoms with Gasteiger partial charge < -0.3 is 14.2 Å². The highest BCUT2D eigenvalue weighted by atomic mass is 32.2. The average molecular weight is 421 g/mol. The monoisotopic (exact) mass is 420 g/mol. The van der Waals surface area contributed by atoms with E-state index in [2.05, 4.69) is 73.2 Å². The Kier molecular flexibility index (Phi) is 6.18. The largest absolute Gasteiger partial charge is 0.422 e. The van der Waals surface area contributed by atoms with E-state index in [1.807, 2.05) is 18.2 Å². The molecule has 0 N–H and O–H groups in total. The molecule has 0 saturated heterocycles. The summed E-state index contributed by atoms with van der Waals surface area (Å²) in [5.41, 5.74) is 3.26. The van der Waals surface area contributed by atoms with E-state index in [4.69, 9.17) is 4.42 Å². The maximum Gasteiger partial charge on any atom is 0.343 e. The summed E-state index contributed by atoms with van der Waals surface area (Å²) in [5, 5.41) is 1.11. The Morgan fingerprint density at radius 3 is 2.60 bits per heavy atom. The van der Waals surface area contributed by atoms with Gasteiger partial charge in [-0.2, -0.15) is 0 Å². The molecule has 156 valence electrons. The van der Waals surface area contributed by atoms with Crippen LogP contribution in [0.4, 0.5) is 11.4 Å². The lowest BCUT2D eigenvalue weighted by Gasteiger charge is -2.23. The molecule has 0 bridgehead atoms. The third kappa shape index (κ3) is 4.12. The third-order valence-corrected chi connectivity index (χ3v) is 6.73. The fourth-order valence-corrected chi connectivity index (χ4v) is 5.07. The molecule has 0 aliphatic carbocycles. The third-order valence-electron chi connectivity index (χ3n) is 5.41. The molecule has 0 fully saturated rings. The Balaban J connectivity index is 1.59. The minimum Gasteiger partial charge on any atom is -0.422 e. The first-order valence-corrected chi connectivity index (χ1v) is 11.5. The molecule has 0 amide bonds. The van der Waals surface area contributed by atoms with E-state index < -0.39 is 0 Å². The van der Waals surface area contributed by atoms with Gasteiger partial charge >= 0.3 is 5.63 Å². The molecule has 4 rings (SSSR count). The van der Waals surface area contributed by atoms with Crippen molar-refractivity contribution < 1.29 is 4.42 Å². The van der Waals surface area contributed by atoms with Crippen LogP contribution in [0.15, 0.2) is 68.7 Å². The summed E-state index contributed by atoms with van der Waals surface area (Å²) < 4.78 is 5.69. The van der Waals surface area contributed by atoms with Gasteiger partial charge in [0.25, 0.3) is 0 Å². The molecular formula is C25H28N2O2S. The quantitative estimate of drug-likeness (QED) is 0.438. The fraction of sp³-hybridized carbons (Fsp3) is 0.320. The number of likely N-dealkylation sites (N-methyl/N-ethyl adjacent to an activating group) is 1. The maximum atomic E-state index is 12.6. The lowest BCUT2D eigenvalue weighted by atomic mass is 10.1. The number of nitrogens with zero attached hydrogens (tertiary/aromatic N) is 2. The first-order chi connectivity index (χ1) is 14.6. The Morgan fingerprint density at radius 2 is 1.87 bits per heavy atom. The van der Waals surface area contributed by atoms with Gasteiger partial charge in [0.2, 0.25) is 0 Å². The summed E-state index contributed by atoms with van der Waals surface area (Å²) in [6, 6.07) is 16.5. The highest BCUT2D eigenvalue weighted by Crippen LogP contribution is 2.42. The summed E-state index contributed by atoms with van der Waals surface area (Å²) in [6.45, 7) is 6.36. The first kappa shape index (κ1) is 20.6.